The smallest absolute Gasteiger partial charge is 0.132 e. The first-order chi connectivity index (χ1) is 27.4. The molecule has 1 N–H and O–H groups in total. The summed E-state index contributed by atoms with van der Waals surface area (Å²) in [6.07, 6.45) is 7.35. The number of rotatable bonds is 5. The molecule has 0 aliphatic rings. The minimum absolute atomic E-state index is 0.352. The predicted octanol–water partition coefficient (Wildman–Crippen LogP) is 13.0. The van der Waals surface area contributed by atoms with E-state index in [0.29, 0.717) is 32.6 Å². The van der Waals surface area contributed by atoms with Gasteiger partial charge in [-0.3, -0.25) is 9.97 Å². The van der Waals surface area contributed by atoms with E-state index in [1.807, 2.05) is 116 Å². The molecule has 0 unspecified atom stereocenters. The van der Waals surface area contributed by atoms with Crippen LogP contribution < -0.4 is 5.32 Å². The number of anilines is 2. The molecule has 56 heavy (non-hydrogen) atoms. The van der Waals surface area contributed by atoms with Gasteiger partial charge in [0, 0.05) is 73.2 Å². The van der Waals surface area contributed by atoms with E-state index in [2.05, 4.69) is 29.8 Å². The molecule has 0 bridgehead atoms. The summed E-state index contributed by atoms with van der Waals surface area (Å²) in [4.78, 5) is 17.9. The van der Waals surface area contributed by atoms with Crippen LogP contribution in [0.4, 0.5) is 20.2 Å². The highest BCUT2D eigenvalue weighted by Crippen LogP contribution is 2.35. The topological polar surface area (TPSA) is 68.5 Å². The van der Waals surface area contributed by atoms with Crippen LogP contribution in [0.3, 0.4) is 0 Å². The van der Waals surface area contributed by atoms with Gasteiger partial charge in [0.25, 0.3) is 0 Å². The fourth-order valence-corrected chi connectivity index (χ4v) is 7.19. The van der Waals surface area contributed by atoms with Crippen molar-refractivity contribution in [2.45, 2.75) is 0 Å². The Morgan fingerprint density at radius 3 is 1.82 bits per heavy atom. The molecule has 6 nitrogen and oxygen atoms in total. The van der Waals surface area contributed by atoms with Crippen LogP contribution in [0.15, 0.2) is 164 Å². The third kappa shape index (κ3) is 6.77. The van der Waals surface area contributed by atoms with Crippen molar-refractivity contribution in [1.29, 1.82) is 0 Å². The fraction of sp³-hybridized carbons (Fsp3) is 0. The van der Waals surface area contributed by atoms with Gasteiger partial charge in [-0.15, -0.1) is 0 Å². The highest BCUT2D eigenvalue weighted by Gasteiger charge is 2.15. The molecule has 0 amide bonds. The molecule has 0 spiro atoms. The molecule has 0 fully saturated rings. The van der Waals surface area contributed by atoms with Crippen molar-refractivity contribution in [1.82, 2.24) is 24.5 Å². The fourth-order valence-electron chi connectivity index (χ4n) is 6.84. The molecular weight excluding hydrogens is 745 g/mol. The molecule has 5 aromatic heterocycles. The van der Waals surface area contributed by atoms with Crippen molar-refractivity contribution in [3.63, 3.8) is 0 Å². The van der Waals surface area contributed by atoms with Gasteiger partial charge in [0.2, 0.25) is 0 Å². The predicted molar refractivity (Wildman–Crippen MR) is 224 cm³/mol. The molecule has 0 radical (unpaired) electrons. The molecule has 10 heteroatoms. The second kappa shape index (κ2) is 14.8. The standard InChI is InChI=1S/C24H15ClFN3.C22H13ClFN3/c25-15-9-10-19(26)18(13-15)24-14-23(17-6-2-4-8-21(17)28-24)29-22-11-12-27-20-7-3-1-5-16(20)22;23-15-5-6-18(24)17(11-15)20-12-22(16-3-1-2-4-19(16)26-20)27-10-8-14-13-25-9-7-21(14)27/h1-14H,(H,27,28,29);1-13H. The summed E-state index contributed by atoms with van der Waals surface area (Å²) in [7, 11) is 0. The average molecular weight is 774 g/mol. The average Bonchev–Trinajstić information content (AvgIpc) is 3.67. The Morgan fingerprint density at radius 2 is 1.12 bits per heavy atom. The second-order valence-corrected chi connectivity index (χ2v) is 13.9. The second-order valence-electron chi connectivity index (χ2n) is 13.0. The van der Waals surface area contributed by atoms with Gasteiger partial charge in [-0.05, 0) is 84.9 Å². The first-order valence-corrected chi connectivity index (χ1v) is 18.4. The maximum atomic E-state index is 14.5. The molecule has 10 aromatic rings. The molecular formula is C46H28Cl2F2N6. The SMILES string of the molecule is Fc1ccc(Cl)cc1-c1cc(-n2ccc3cnccc32)c2ccccc2n1.Fc1ccc(Cl)cc1-c1cc(Nc2ccnc3ccccc23)c2ccccc2n1. The van der Waals surface area contributed by atoms with Crippen LogP contribution in [-0.4, -0.2) is 24.5 Å². The monoisotopic (exact) mass is 772 g/mol. The summed E-state index contributed by atoms with van der Waals surface area (Å²) in [5, 5.41) is 8.41. The van der Waals surface area contributed by atoms with Crippen LogP contribution in [-0.2, 0) is 0 Å². The first-order valence-electron chi connectivity index (χ1n) is 17.6. The Morgan fingerprint density at radius 1 is 0.536 bits per heavy atom. The minimum atomic E-state index is -0.363. The van der Waals surface area contributed by atoms with Gasteiger partial charge in [-0.25, -0.2) is 18.7 Å². The number of benzene rings is 5. The number of nitrogens with zero attached hydrogens (tertiary/aromatic N) is 5. The van der Waals surface area contributed by atoms with Crippen LogP contribution >= 0.6 is 23.2 Å². The largest absolute Gasteiger partial charge is 0.354 e. The van der Waals surface area contributed by atoms with Crippen molar-refractivity contribution in [2.75, 3.05) is 5.32 Å². The Bertz CT molecular complexity index is 3090. The molecule has 0 aliphatic carbocycles. The van der Waals surface area contributed by atoms with Crippen molar-refractivity contribution >= 4 is 78.2 Å². The van der Waals surface area contributed by atoms with Gasteiger partial charge in [0.1, 0.15) is 11.6 Å². The minimum Gasteiger partial charge on any atom is -0.354 e. The van der Waals surface area contributed by atoms with Crippen molar-refractivity contribution in [2.24, 2.45) is 0 Å². The Labute approximate surface area is 329 Å². The summed E-state index contributed by atoms with van der Waals surface area (Å²) < 4.78 is 31.0. The van der Waals surface area contributed by atoms with Gasteiger partial charge in [-0.2, -0.15) is 0 Å². The van der Waals surface area contributed by atoms with Crippen LogP contribution in [0.1, 0.15) is 0 Å². The third-order valence-corrected chi connectivity index (χ3v) is 9.96. The van der Waals surface area contributed by atoms with Crippen LogP contribution in [0.2, 0.25) is 10.0 Å². The van der Waals surface area contributed by atoms with E-state index in [4.69, 9.17) is 23.2 Å². The summed E-state index contributed by atoms with van der Waals surface area (Å²) >= 11 is 12.2. The maximum absolute atomic E-state index is 14.5. The molecule has 5 heterocycles. The summed E-state index contributed by atoms with van der Waals surface area (Å²) in [6, 6.07) is 42.2. The van der Waals surface area contributed by atoms with Gasteiger partial charge < -0.3 is 9.88 Å². The van der Waals surface area contributed by atoms with E-state index in [-0.39, 0.29) is 11.6 Å². The number of aromatic nitrogens is 5. The lowest BCUT2D eigenvalue weighted by Crippen LogP contribution is -1.98. The highest BCUT2D eigenvalue weighted by atomic mass is 35.5. The molecule has 270 valence electrons. The van der Waals surface area contributed by atoms with Gasteiger partial charge >= 0.3 is 0 Å². The number of fused-ring (bicyclic) bond motifs is 4. The van der Waals surface area contributed by atoms with E-state index < -0.39 is 0 Å². The van der Waals surface area contributed by atoms with Gasteiger partial charge in [-0.1, -0.05) is 77.8 Å². The van der Waals surface area contributed by atoms with Crippen molar-refractivity contribution < 1.29 is 8.78 Å². The molecule has 0 aliphatic heterocycles. The Hall–Kier alpha value is -6.74. The Balaban J connectivity index is 0.000000147. The van der Waals surface area contributed by atoms with E-state index in [1.165, 1.54) is 24.3 Å². The van der Waals surface area contributed by atoms with Crippen molar-refractivity contribution in [3.05, 3.63) is 186 Å². The van der Waals surface area contributed by atoms with Gasteiger partial charge in [0.15, 0.2) is 0 Å². The maximum Gasteiger partial charge on any atom is 0.132 e. The molecule has 0 atom stereocenters. The quantitative estimate of drug-likeness (QED) is 0.189. The van der Waals surface area contributed by atoms with Gasteiger partial charge in [0.05, 0.1) is 44.8 Å². The van der Waals surface area contributed by atoms with E-state index in [0.717, 1.165) is 60.7 Å². The normalized spacial score (nSPS) is 11.2. The number of hydrogen-bond donors (Lipinski definition) is 1. The summed E-state index contributed by atoms with van der Waals surface area (Å²) in [6.45, 7) is 0. The summed E-state index contributed by atoms with van der Waals surface area (Å²) in [5.41, 5.74) is 7.98. The Kier molecular flexibility index (Phi) is 9.27. The number of halogens is 4. The molecule has 5 aromatic carbocycles. The zero-order valence-corrected chi connectivity index (χ0v) is 30.8. The van der Waals surface area contributed by atoms with E-state index in [1.54, 1.807) is 24.5 Å². The number of para-hydroxylation sites is 3. The number of hydrogen-bond acceptors (Lipinski definition) is 5. The van der Waals surface area contributed by atoms with Crippen molar-refractivity contribution in [3.8, 4) is 28.2 Å². The molecule has 0 saturated heterocycles. The lowest BCUT2D eigenvalue weighted by atomic mass is 10.1. The third-order valence-electron chi connectivity index (χ3n) is 9.49. The van der Waals surface area contributed by atoms with Crippen LogP contribution in [0.5, 0.6) is 0 Å². The summed E-state index contributed by atoms with van der Waals surface area (Å²) in [5.74, 6) is -0.716. The first kappa shape index (κ1) is 35.0. The zero-order valence-electron chi connectivity index (χ0n) is 29.3. The molecule has 0 saturated carbocycles. The number of nitrogens with one attached hydrogen (secondary N) is 1. The highest BCUT2D eigenvalue weighted by molar-refractivity contribution is 6.31. The van der Waals surface area contributed by atoms with Crippen LogP contribution in [0.25, 0.3) is 71.8 Å². The lowest BCUT2D eigenvalue weighted by Gasteiger charge is -2.14. The van der Waals surface area contributed by atoms with E-state index >= 15 is 0 Å². The lowest BCUT2D eigenvalue weighted by molar-refractivity contribution is 0.630. The zero-order chi connectivity index (χ0) is 38.2. The number of pyridine rings is 4. The molecule has 10 rings (SSSR count). The van der Waals surface area contributed by atoms with E-state index in [9.17, 15) is 8.78 Å². The van der Waals surface area contributed by atoms with Crippen LogP contribution in [0, 0.1) is 11.6 Å².